The third-order valence-corrected chi connectivity index (χ3v) is 5.39. The van der Waals surface area contributed by atoms with Crippen molar-refractivity contribution >= 4 is 28.4 Å². The third-order valence-electron chi connectivity index (χ3n) is 5.15. The number of benzene rings is 1. The van der Waals surface area contributed by atoms with Gasteiger partial charge in [-0.2, -0.15) is 5.10 Å². The number of carbonyl (C=O) groups is 1. The van der Waals surface area contributed by atoms with Crippen molar-refractivity contribution in [3.8, 4) is 0 Å². The van der Waals surface area contributed by atoms with Gasteiger partial charge in [-0.05, 0) is 56.5 Å². The average Bonchev–Trinajstić information content (AvgIpc) is 3.13. The maximum Gasteiger partial charge on any atom is 0.222 e. The van der Waals surface area contributed by atoms with Crippen molar-refractivity contribution in [1.29, 1.82) is 0 Å². The number of hydrogen-bond acceptors (Lipinski definition) is 2. The number of amides is 1. The number of nitrogens with one attached hydrogen (secondary N) is 1. The van der Waals surface area contributed by atoms with E-state index in [0.717, 1.165) is 53.6 Å². The summed E-state index contributed by atoms with van der Waals surface area (Å²) in [5.74, 6) is 0.217. The van der Waals surface area contributed by atoms with Crippen LogP contribution in [0.1, 0.15) is 35.5 Å². The number of hydrogen-bond donors (Lipinski definition) is 1. The maximum absolute atomic E-state index is 12.6. The zero-order valence-electron chi connectivity index (χ0n) is 15.2. The molecule has 0 saturated carbocycles. The fourth-order valence-electron chi connectivity index (χ4n) is 3.87. The van der Waals surface area contributed by atoms with Gasteiger partial charge in [0.1, 0.15) is 0 Å². The van der Waals surface area contributed by atoms with Crippen LogP contribution in [0.4, 0.5) is 0 Å². The molecule has 0 saturated heterocycles. The quantitative estimate of drug-likeness (QED) is 0.754. The summed E-state index contributed by atoms with van der Waals surface area (Å²) in [5, 5.41) is 6.39. The number of aryl methyl sites for hydroxylation is 3. The molecule has 1 N–H and O–H groups in total. The normalized spacial score (nSPS) is 14.0. The number of halogens is 1. The van der Waals surface area contributed by atoms with E-state index < -0.39 is 0 Å². The maximum atomic E-state index is 12.6. The Morgan fingerprint density at radius 2 is 2.15 bits per heavy atom. The first kappa shape index (κ1) is 17.2. The lowest BCUT2D eigenvalue weighted by Gasteiger charge is -2.27. The summed E-state index contributed by atoms with van der Waals surface area (Å²) in [4.78, 5) is 18.0. The highest BCUT2D eigenvalue weighted by molar-refractivity contribution is 6.31. The van der Waals surface area contributed by atoms with Crippen LogP contribution < -0.4 is 0 Å². The minimum absolute atomic E-state index is 0.217. The van der Waals surface area contributed by atoms with E-state index in [1.807, 2.05) is 34.7 Å². The molecule has 4 rings (SSSR count). The van der Waals surface area contributed by atoms with Gasteiger partial charge in [0.2, 0.25) is 5.91 Å². The lowest BCUT2D eigenvalue weighted by atomic mass is 10.0. The van der Waals surface area contributed by atoms with Crippen LogP contribution in [0.5, 0.6) is 0 Å². The SMILES string of the molecule is Cc1cc(C)n(CCCC(=O)N2CCc3c([nH]c4ccc(Cl)cc34)C2)n1. The van der Waals surface area contributed by atoms with Crippen molar-refractivity contribution in [2.24, 2.45) is 0 Å². The second-order valence-corrected chi connectivity index (χ2v) is 7.53. The molecule has 0 atom stereocenters. The molecular formula is C20H23ClN4O. The lowest BCUT2D eigenvalue weighted by Crippen LogP contribution is -2.35. The molecule has 0 bridgehead atoms. The van der Waals surface area contributed by atoms with Crippen LogP contribution in [0, 0.1) is 13.8 Å². The Labute approximate surface area is 157 Å². The van der Waals surface area contributed by atoms with E-state index in [9.17, 15) is 4.79 Å². The molecule has 1 amide bonds. The Hall–Kier alpha value is -2.27. The van der Waals surface area contributed by atoms with Gasteiger partial charge in [0.05, 0.1) is 12.2 Å². The third kappa shape index (κ3) is 3.23. The number of fused-ring (bicyclic) bond motifs is 3. The molecule has 5 nitrogen and oxygen atoms in total. The standard InChI is InChI=1S/C20H23ClN4O/c1-13-10-14(2)25(23-13)8-3-4-20(26)24-9-7-16-17-11-15(21)5-6-18(17)22-19(16)12-24/h5-6,10-11,22H,3-4,7-9,12H2,1-2H3. The van der Waals surface area contributed by atoms with E-state index in [-0.39, 0.29) is 5.91 Å². The predicted molar refractivity (Wildman–Crippen MR) is 103 cm³/mol. The first-order valence-corrected chi connectivity index (χ1v) is 9.47. The zero-order chi connectivity index (χ0) is 18.3. The molecule has 1 aromatic carbocycles. The highest BCUT2D eigenvalue weighted by atomic mass is 35.5. The minimum Gasteiger partial charge on any atom is -0.357 e. The van der Waals surface area contributed by atoms with E-state index in [1.165, 1.54) is 10.9 Å². The van der Waals surface area contributed by atoms with E-state index in [4.69, 9.17) is 11.6 Å². The van der Waals surface area contributed by atoms with Gasteiger partial charge >= 0.3 is 0 Å². The average molecular weight is 371 g/mol. The van der Waals surface area contributed by atoms with E-state index in [2.05, 4.69) is 23.1 Å². The molecule has 6 heteroatoms. The van der Waals surface area contributed by atoms with Gasteiger partial charge in [0, 0.05) is 46.8 Å². The summed E-state index contributed by atoms with van der Waals surface area (Å²) in [7, 11) is 0. The van der Waals surface area contributed by atoms with Gasteiger partial charge in [0.15, 0.2) is 0 Å². The second kappa shape index (κ2) is 6.80. The smallest absolute Gasteiger partial charge is 0.222 e. The van der Waals surface area contributed by atoms with Crippen LogP contribution in [-0.2, 0) is 24.3 Å². The molecule has 26 heavy (non-hydrogen) atoms. The Kier molecular flexibility index (Phi) is 4.49. The van der Waals surface area contributed by atoms with Crippen molar-refractivity contribution in [3.63, 3.8) is 0 Å². The topological polar surface area (TPSA) is 53.9 Å². The van der Waals surface area contributed by atoms with E-state index >= 15 is 0 Å². The number of aromatic nitrogens is 3. The Morgan fingerprint density at radius 1 is 1.31 bits per heavy atom. The molecule has 1 aliphatic heterocycles. The monoisotopic (exact) mass is 370 g/mol. The zero-order valence-corrected chi connectivity index (χ0v) is 15.9. The molecular weight excluding hydrogens is 348 g/mol. The van der Waals surface area contributed by atoms with Crippen molar-refractivity contribution < 1.29 is 4.79 Å². The molecule has 0 aliphatic carbocycles. The molecule has 0 fully saturated rings. The highest BCUT2D eigenvalue weighted by Gasteiger charge is 2.23. The van der Waals surface area contributed by atoms with Gasteiger partial charge < -0.3 is 9.88 Å². The summed E-state index contributed by atoms with van der Waals surface area (Å²) >= 11 is 6.13. The Morgan fingerprint density at radius 3 is 2.92 bits per heavy atom. The number of aromatic amines is 1. The van der Waals surface area contributed by atoms with Gasteiger partial charge in [-0.3, -0.25) is 9.48 Å². The Bertz CT molecular complexity index is 972. The molecule has 0 unspecified atom stereocenters. The molecule has 0 spiro atoms. The van der Waals surface area contributed by atoms with Crippen LogP contribution in [0.25, 0.3) is 10.9 Å². The first-order valence-electron chi connectivity index (χ1n) is 9.09. The summed E-state index contributed by atoms with van der Waals surface area (Å²) in [5.41, 5.74) is 5.71. The molecule has 136 valence electrons. The molecule has 3 aromatic rings. The van der Waals surface area contributed by atoms with E-state index in [0.29, 0.717) is 13.0 Å². The predicted octanol–water partition coefficient (Wildman–Crippen LogP) is 4.00. The molecule has 2 aromatic heterocycles. The second-order valence-electron chi connectivity index (χ2n) is 7.09. The van der Waals surface area contributed by atoms with Crippen molar-refractivity contribution in [2.75, 3.05) is 6.54 Å². The minimum atomic E-state index is 0.217. The summed E-state index contributed by atoms with van der Waals surface area (Å²) in [6.45, 7) is 6.25. The molecule has 0 radical (unpaired) electrons. The number of H-pyrrole nitrogens is 1. The van der Waals surface area contributed by atoms with E-state index in [1.54, 1.807) is 0 Å². The van der Waals surface area contributed by atoms with Gasteiger partial charge in [-0.1, -0.05) is 11.6 Å². The number of nitrogens with zero attached hydrogens (tertiary/aromatic N) is 3. The first-order chi connectivity index (χ1) is 12.5. The number of carbonyl (C=O) groups excluding carboxylic acids is 1. The van der Waals surface area contributed by atoms with Crippen LogP contribution >= 0.6 is 11.6 Å². The number of rotatable bonds is 4. The van der Waals surface area contributed by atoms with Crippen LogP contribution in [0.3, 0.4) is 0 Å². The summed E-state index contributed by atoms with van der Waals surface area (Å²) in [6, 6.07) is 7.98. The molecule has 1 aliphatic rings. The van der Waals surface area contributed by atoms with Crippen LogP contribution in [-0.4, -0.2) is 32.1 Å². The fourth-order valence-corrected chi connectivity index (χ4v) is 4.04. The van der Waals surface area contributed by atoms with Crippen molar-refractivity contribution in [1.82, 2.24) is 19.7 Å². The van der Waals surface area contributed by atoms with Gasteiger partial charge in [-0.25, -0.2) is 0 Å². The summed E-state index contributed by atoms with van der Waals surface area (Å²) < 4.78 is 1.98. The largest absolute Gasteiger partial charge is 0.357 e. The highest BCUT2D eigenvalue weighted by Crippen LogP contribution is 2.29. The molecule has 3 heterocycles. The summed E-state index contributed by atoms with van der Waals surface area (Å²) in [6.07, 6.45) is 2.24. The van der Waals surface area contributed by atoms with Gasteiger partial charge in [0.25, 0.3) is 0 Å². The Balaban J connectivity index is 1.39. The van der Waals surface area contributed by atoms with Crippen molar-refractivity contribution in [3.05, 3.63) is 51.9 Å². The van der Waals surface area contributed by atoms with Gasteiger partial charge in [-0.15, -0.1) is 0 Å². The van der Waals surface area contributed by atoms with Crippen LogP contribution in [0.2, 0.25) is 5.02 Å². The fraction of sp³-hybridized carbons (Fsp3) is 0.400. The lowest BCUT2D eigenvalue weighted by molar-refractivity contribution is -0.132. The van der Waals surface area contributed by atoms with Crippen molar-refractivity contribution in [2.45, 2.75) is 46.2 Å². The van der Waals surface area contributed by atoms with Crippen LogP contribution in [0.15, 0.2) is 24.3 Å².